The SMILES string of the molecule is C=CCN(CC=C)C(=O)/C=C/c1ccc(Cl)c(Cl)c1. The van der Waals surface area contributed by atoms with Crippen molar-refractivity contribution in [3.8, 4) is 0 Å². The molecule has 0 aliphatic heterocycles. The van der Waals surface area contributed by atoms with Gasteiger partial charge in [-0.05, 0) is 23.8 Å². The Bertz CT molecular complexity index is 499. The molecule has 0 fully saturated rings. The maximum Gasteiger partial charge on any atom is 0.247 e. The van der Waals surface area contributed by atoms with Gasteiger partial charge in [-0.25, -0.2) is 0 Å². The lowest BCUT2D eigenvalue weighted by molar-refractivity contribution is -0.124. The van der Waals surface area contributed by atoms with Gasteiger partial charge in [0.25, 0.3) is 0 Å². The second-order valence-electron chi connectivity index (χ2n) is 3.83. The second-order valence-corrected chi connectivity index (χ2v) is 4.64. The maximum atomic E-state index is 11.9. The van der Waals surface area contributed by atoms with E-state index in [1.807, 2.05) is 0 Å². The van der Waals surface area contributed by atoms with Gasteiger partial charge in [0.1, 0.15) is 0 Å². The molecule has 0 aliphatic carbocycles. The van der Waals surface area contributed by atoms with Gasteiger partial charge in [0.2, 0.25) is 5.91 Å². The molecule has 0 aromatic heterocycles. The lowest BCUT2D eigenvalue weighted by Gasteiger charge is -2.16. The molecule has 0 aliphatic rings. The molecule has 0 spiro atoms. The molecule has 1 aromatic rings. The molecule has 0 radical (unpaired) electrons. The van der Waals surface area contributed by atoms with Gasteiger partial charge in [-0.15, -0.1) is 13.2 Å². The number of halogens is 2. The Balaban J connectivity index is 2.78. The van der Waals surface area contributed by atoms with Crippen molar-refractivity contribution < 1.29 is 4.79 Å². The van der Waals surface area contributed by atoms with Crippen LogP contribution in [0, 0.1) is 0 Å². The topological polar surface area (TPSA) is 20.3 Å². The normalized spacial score (nSPS) is 10.4. The van der Waals surface area contributed by atoms with Crippen LogP contribution in [0.1, 0.15) is 5.56 Å². The van der Waals surface area contributed by atoms with Crippen molar-refractivity contribution in [2.45, 2.75) is 0 Å². The minimum Gasteiger partial charge on any atom is -0.332 e. The number of nitrogens with zero attached hydrogens (tertiary/aromatic N) is 1. The third-order valence-corrected chi connectivity index (χ3v) is 3.11. The van der Waals surface area contributed by atoms with E-state index in [-0.39, 0.29) is 5.91 Å². The van der Waals surface area contributed by atoms with Crippen LogP contribution >= 0.6 is 23.2 Å². The fourth-order valence-electron chi connectivity index (χ4n) is 1.46. The summed E-state index contributed by atoms with van der Waals surface area (Å²) in [6.07, 6.45) is 6.54. The third-order valence-electron chi connectivity index (χ3n) is 2.37. The van der Waals surface area contributed by atoms with Gasteiger partial charge in [0.15, 0.2) is 0 Å². The van der Waals surface area contributed by atoms with E-state index in [0.717, 1.165) is 5.56 Å². The van der Waals surface area contributed by atoms with Crippen LogP contribution in [0.5, 0.6) is 0 Å². The number of amides is 1. The van der Waals surface area contributed by atoms with E-state index in [0.29, 0.717) is 23.1 Å². The Morgan fingerprint density at radius 1 is 1.16 bits per heavy atom. The first-order chi connectivity index (χ1) is 9.08. The molecular formula is C15H15Cl2NO. The van der Waals surface area contributed by atoms with Crippen LogP contribution in [0.2, 0.25) is 10.0 Å². The molecule has 1 amide bonds. The molecule has 0 heterocycles. The summed E-state index contributed by atoms with van der Waals surface area (Å²) in [6, 6.07) is 5.20. The number of carbonyl (C=O) groups excluding carboxylic acids is 1. The number of carbonyl (C=O) groups is 1. The van der Waals surface area contributed by atoms with E-state index in [9.17, 15) is 4.79 Å². The van der Waals surface area contributed by atoms with Gasteiger partial charge in [-0.1, -0.05) is 41.4 Å². The first-order valence-corrected chi connectivity index (χ1v) is 6.48. The first kappa shape index (κ1) is 15.5. The van der Waals surface area contributed by atoms with E-state index in [1.165, 1.54) is 6.08 Å². The molecule has 0 bridgehead atoms. The highest BCUT2D eigenvalue weighted by atomic mass is 35.5. The highest BCUT2D eigenvalue weighted by Gasteiger charge is 2.06. The summed E-state index contributed by atoms with van der Waals surface area (Å²) in [5.74, 6) is -0.106. The molecule has 1 aromatic carbocycles. The molecule has 2 nitrogen and oxygen atoms in total. The molecule has 100 valence electrons. The van der Waals surface area contributed by atoms with Crippen LogP contribution in [0.4, 0.5) is 0 Å². The molecule has 0 N–H and O–H groups in total. The third kappa shape index (κ3) is 4.93. The Kier molecular flexibility index (Phi) is 6.40. The van der Waals surface area contributed by atoms with Crippen molar-refractivity contribution in [1.29, 1.82) is 0 Å². The lowest BCUT2D eigenvalue weighted by atomic mass is 10.2. The van der Waals surface area contributed by atoms with Crippen molar-refractivity contribution in [3.63, 3.8) is 0 Å². The van der Waals surface area contributed by atoms with E-state index in [4.69, 9.17) is 23.2 Å². The second kappa shape index (κ2) is 7.82. The van der Waals surface area contributed by atoms with Crippen molar-refractivity contribution >= 4 is 35.2 Å². The van der Waals surface area contributed by atoms with Crippen LogP contribution < -0.4 is 0 Å². The molecule has 4 heteroatoms. The molecule has 19 heavy (non-hydrogen) atoms. The lowest BCUT2D eigenvalue weighted by Crippen LogP contribution is -2.29. The van der Waals surface area contributed by atoms with Gasteiger partial charge in [0.05, 0.1) is 10.0 Å². The summed E-state index contributed by atoms with van der Waals surface area (Å²) in [7, 11) is 0. The van der Waals surface area contributed by atoms with Crippen LogP contribution in [0.25, 0.3) is 6.08 Å². The summed E-state index contributed by atoms with van der Waals surface area (Å²) in [5.41, 5.74) is 0.819. The van der Waals surface area contributed by atoms with Crippen molar-refractivity contribution in [1.82, 2.24) is 4.90 Å². The van der Waals surface area contributed by atoms with E-state index >= 15 is 0 Å². The Morgan fingerprint density at radius 3 is 2.32 bits per heavy atom. The smallest absolute Gasteiger partial charge is 0.247 e. The summed E-state index contributed by atoms with van der Waals surface area (Å²) in [5, 5.41) is 0.954. The number of hydrogen-bond donors (Lipinski definition) is 0. The minimum atomic E-state index is -0.106. The number of hydrogen-bond acceptors (Lipinski definition) is 1. The number of benzene rings is 1. The molecule has 0 saturated carbocycles. The highest BCUT2D eigenvalue weighted by molar-refractivity contribution is 6.42. The zero-order valence-electron chi connectivity index (χ0n) is 10.5. The van der Waals surface area contributed by atoms with Gasteiger partial charge in [-0.3, -0.25) is 4.79 Å². The van der Waals surface area contributed by atoms with Gasteiger partial charge in [0, 0.05) is 19.2 Å². The van der Waals surface area contributed by atoms with Crippen molar-refractivity contribution in [2.75, 3.05) is 13.1 Å². The standard InChI is InChI=1S/C15H15Cl2NO/c1-3-9-18(10-4-2)15(19)8-6-12-5-7-13(16)14(17)11-12/h3-8,11H,1-2,9-10H2/b8-6+. The van der Waals surface area contributed by atoms with Gasteiger partial charge >= 0.3 is 0 Å². The average Bonchev–Trinajstić information content (AvgIpc) is 2.39. The van der Waals surface area contributed by atoms with E-state index in [1.54, 1.807) is 41.3 Å². The zero-order chi connectivity index (χ0) is 14.3. The largest absolute Gasteiger partial charge is 0.332 e. The highest BCUT2D eigenvalue weighted by Crippen LogP contribution is 2.23. The Hall–Kier alpha value is -1.51. The van der Waals surface area contributed by atoms with Crippen molar-refractivity contribution in [3.05, 3.63) is 65.2 Å². The fraction of sp³-hybridized carbons (Fsp3) is 0.133. The van der Waals surface area contributed by atoms with Gasteiger partial charge < -0.3 is 4.90 Å². The van der Waals surface area contributed by atoms with E-state index in [2.05, 4.69) is 13.2 Å². The maximum absolute atomic E-state index is 11.9. The van der Waals surface area contributed by atoms with Crippen LogP contribution in [0.3, 0.4) is 0 Å². The predicted molar refractivity (Wildman–Crippen MR) is 82.5 cm³/mol. The molecule has 1 rings (SSSR count). The monoisotopic (exact) mass is 295 g/mol. The molecule has 0 saturated heterocycles. The zero-order valence-corrected chi connectivity index (χ0v) is 12.0. The van der Waals surface area contributed by atoms with E-state index < -0.39 is 0 Å². The molecule has 0 unspecified atom stereocenters. The molecule has 0 atom stereocenters. The number of rotatable bonds is 6. The predicted octanol–water partition coefficient (Wildman–Crippen LogP) is 4.21. The summed E-state index contributed by atoms with van der Waals surface area (Å²) in [4.78, 5) is 13.6. The first-order valence-electron chi connectivity index (χ1n) is 5.72. The summed E-state index contributed by atoms with van der Waals surface area (Å²) >= 11 is 11.7. The Morgan fingerprint density at radius 2 is 1.79 bits per heavy atom. The summed E-state index contributed by atoms with van der Waals surface area (Å²) in [6.45, 7) is 8.21. The summed E-state index contributed by atoms with van der Waals surface area (Å²) < 4.78 is 0. The Labute approximate surface area is 123 Å². The van der Waals surface area contributed by atoms with Crippen molar-refractivity contribution in [2.24, 2.45) is 0 Å². The van der Waals surface area contributed by atoms with Crippen LogP contribution in [-0.4, -0.2) is 23.9 Å². The van der Waals surface area contributed by atoms with Crippen LogP contribution in [-0.2, 0) is 4.79 Å². The van der Waals surface area contributed by atoms with Crippen LogP contribution in [0.15, 0.2) is 49.6 Å². The minimum absolute atomic E-state index is 0.106. The average molecular weight is 296 g/mol. The quantitative estimate of drug-likeness (QED) is 0.569. The van der Waals surface area contributed by atoms with Gasteiger partial charge in [-0.2, -0.15) is 0 Å². The fourth-order valence-corrected chi connectivity index (χ4v) is 1.76. The molecular weight excluding hydrogens is 281 g/mol.